The fourth-order valence-electron chi connectivity index (χ4n) is 4.20. The third-order valence-electron chi connectivity index (χ3n) is 5.88. The second kappa shape index (κ2) is 9.57. The molecule has 1 aromatic heterocycles. The van der Waals surface area contributed by atoms with Crippen molar-refractivity contribution in [1.82, 2.24) is 24.9 Å². The Morgan fingerprint density at radius 3 is 2.83 bits per heavy atom. The number of amides is 2. The Morgan fingerprint density at radius 2 is 2.03 bits per heavy atom. The van der Waals surface area contributed by atoms with E-state index >= 15 is 0 Å². The Bertz CT molecular complexity index is 867. The summed E-state index contributed by atoms with van der Waals surface area (Å²) in [5.41, 5.74) is 4.57. The molecule has 1 N–H and O–H groups in total. The van der Waals surface area contributed by atoms with Gasteiger partial charge in [0.05, 0.1) is 18.9 Å². The first-order valence-corrected chi connectivity index (χ1v) is 10.8. The van der Waals surface area contributed by atoms with Crippen LogP contribution < -0.4 is 5.32 Å². The van der Waals surface area contributed by atoms with Crippen molar-refractivity contribution in [2.45, 2.75) is 46.0 Å². The van der Waals surface area contributed by atoms with Gasteiger partial charge in [0.25, 0.3) is 0 Å². The molecule has 0 aliphatic carbocycles. The van der Waals surface area contributed by atoms with Gasteiger partial charge in [-0.3, -0.25) is 9.58 Å². The number of aromatic nitrogens is 2. The van der Waals surface area contributed by atoms with Crippen molar-refractivity contribution in [2.24, 2.45) is 0 Å². The van der Waals surface area contributed by atoms with E-state index in [9.17, 15) is 9.18 Å². The molecule has 30 heavy (non-hydrogen) atoms. The highest BCUT2D eigenvalue weighted by Gasteiger charge is 2.24. The minimum absolute atomic E-state index is 0.0674. The van der Waals surface area contributed by atoms with Crippen LogP contribution in [0.2, 0.25) is 0 Å². The lowest BCUT2D eigenvalue weighted by Crippen LogP contribution is -2.41. The Kier molecular flexibility index (Phi) is 6.64. The number of aryl methyl sites for hydroxylation is 1. The molecule has 0 saturated carbocycles. The number of hydrogen-bond donors (Lipinski definition) is 1. The lowest BCUT2D eigenvalue weighted by atomic mass is 10.1. The van der Waals surface area contributed by atoms with E-state index in [0.717, 1.165) is 63.4 Å². The van der Waals surface area contributed by atoms with Crippen LogP contribution in [0.25, 0.3) is 0 Å². The zero-order valence-corrected chi connectivity index (χ0v) is 17.6. The molecule has 0 radical (unpaired) electrons. The van der Waals surface area contributed by atoms with Crippen LogP contribution in [0.3, 0.4) is 0 Å². The monoisotopic (exact) mass is 415 g/mol. The summed E-state index contributed by atoms with van der Waals surface area (Å²) >= 11 is 0. The normalized spacial score (nSPS) is 17.5. The second-order valence-corrected chi connectivity index (χ2v) is 7.89. The van der Waals surface area contributed by atoms with Gasteiger partial charge in [0.15, 0.2) is 0 Å². The SMILES string of the molecule is CCn1nc(CN2CCCN(C(=O)NCc3ccc(F)cc3)CC2)c2c1CCOC2. The van der Waals surface area contributed by atoms with Gasteiger partial charge in [-0.2, -0.15) is 5.10 Å². The minimum Gasteiger partial charge on any atom is -0.376 e. The number of nitrogens with one attached hydrogen (secondary N) is 1. The molecule has 2 amide bonds. The molecule has 2 aliphatic heterocycles. The number of rotatable bonds is 5. The topological polar surface area (TPSA) is 62.6 Å². The maximum absolute atomic E-state index is 13.0. The third-order valence-corrected chi connectivity index (χ3v) is 5.88. The number of carbonyl (C=O) groups is 1. The zero-order valence-electron chi connectivity index (χ0n) is 17.6. The van der Waals surface area contributed by atoms with Gasteiger partial charge in [0.2, 0.25) is 0 Å². The van der Waals surface area contributed by atoms with Crippen LogP contribution in [-0.2, 0) is 37.4 Å². The Morgan fingerprint density at radius 1 is 1.20 bits per heavy atom. The third kappa shape index (κ3) is 4.82. The number of halogens is 1. The number of carbonyl (C=O) groups excluding carboxylic acids is 1. The molecule has 7 nitrogen and oxygen atoms in total. The molecule has 0 unspecified atom stereocenters. The Hall–Kier alpha value is -2.45. The molecular weight excluding hydrogens is 385 g/mol. The quantitative estimate of drug-likeness (QED) is 0.815. The Labute approximate surface area is 176 Å². The highest BCUT2D eigenvalue weighted by atomic mass is 19.1. The van der Waals surface area contributed by atoms with Crippen molar-refractivity contribution >= 4 is 6.03 Å². The summed E-state index contributed by atoms with van der Waals surface area (Å²) in [5, 5.41) is 7.78. The van der Waals surface area contributed by atoms with E-state index in [0.29, 0.717) is 19.7 Å². The molecule has 2 aliphatic rings. The first-order chi connectivity index (χ1) is 14.6. The molecule has 0 atom stereocenters. The van der Waals surface area contributed by atoms with Crippen molar-refractivity contribution in [2.75, 3.05) is 32.8 Å². The van der Waals surface area contributed by atoms with Crippen LogP contribution in [0.4, 0.5) is 9.18 Å². The van der Waals surface area contributed by atoms with Crippen molar-refractivity contribution in [3.8, 4) is 0 Å². The summed E-state index contributed by atoms with van der Waals surface area (Å²) in [6.45, 7) is 8.79. The molecule has 0 bridgehead atoms. The zero-order chi connectivity index (χ0) is 20.9. The van der Waals surface area contributed by atoms with E-state index in [1.807, 2.05) is 4.90 Å². The summed E-state index contributed by atoms with van der Waals surface area (Å²) in [6.07, 6.45) is 1.86. The first-order valence-electron chi connectivity index (χ1n) is 10.8. The van der Waals surface area contributed by atoms with Gasteiger partial charge in [0.1, 0.15) is 5.82 Å². The summed E-state index contributed by atoms with van der Waals surface area (Å²) in [7, 11) is 0. The molecule has 2 aromatic rings. The molecule has 4 rings (SSSR count). The maximum Gasteiger partial charge on any atom is 0.317 e. The standard InChI is InChI=1S/C22H30FN5O2/c1-2-28-21-8-13-30-16-19(21)20(25-28)15-26-9-3-10-27(12-11-26)22(29)24-14-17-4-6-18(23)7-5-17/h4-7H,2-3,8-16H2,1H3,(H,24,29). The van der Waals surface area contributed by atoms with E-state index < -0.39 is 0 Å². The molecule has 0 spiro atoms. The van der Waals surface area contributed by atoms with Gasteiger partial charge in [-0.25, -0.2) is 9.18 Å². The highest BCUT2D eigenvalue weighted by Crippen LogP contribution is 2.22. The van der Waals surface area contributed by atoms with Crippen LogP contribution in [-0.4, -0.2) is 58.4 Å². The van der Waals surface area contributed by atoms with Crippen LogP contribution in [0.5, 0.6) is 0 Å². The van der Waals surface area contributed by atoms with Crippen molar-refractivity contribution < 1.29 is 13.9 Å². The number of nitrogens with zero attached hydrogens (tertiary/aromatic N) is 4. The van der Waals surface area contributed by atoms with Gasteiger partial charge in [0, 0.05) is 63.5 Å². The number of hydrogen-bond acceptors (Lipinski definition) is 4. The predicted octanol–water partition coefficient (Wildman–Crippen LogP) is 2.53. The summed E-state index contributed by atoms with van der Waals surface area (Å²) in [6, 6.07) is 6.14. The largest absolute Gasteiger partial charge is 0.376 e. The fraction of sp³-hybridized carbons (Fsp3) is 0.545. The lowest BCUT2D eigenvalue weighted by molar-refractivity contribution is 0.107. The van der Waals surface area contributed by atoms with Crippen molar-refractivity contribution in [3.05, 3.63) is 52.6 Å². The number of ether oxygens (including phenoxy) is 1. The lowest BCUT2D eigenvalue weighted by Gasteiger charge is -2.22. The predicted molar refractivity (Wildman–Crippen MR) is 111 cm³/mol. The molecule has 3 heterocycles. The molecular formula is C22H30FN5O2. The minimum atomic E-state index is -0.269. The van der Waals surface area contributed by atoms with E-state index in [-0.39, 0.29) is 11.8 Å². The van der Waals surface area contributed by atoms with Crippen LogP contribution in [0.15, 0.2) is 24.3 Å². The smallest absolute Gasteiger partial charge is 0.317 e. The Balaban J connectivity index is 1.31. The number of urea groups is 1. The van der Waals surface area contributed by atoms with Crippen molar-refractivity contribution in [1.29, 1.82) is 0 Å². The molecule has 8 heteroatoms. The summed E-state index contributed by atoms with van der Waals surface area (Å²) < 4.78 is 20.8. The first kappa shape index (κ1) is 20.8. The molecule has 1 saturated heterocycles. The van der Waals surface area contributed by atoms with E-state index in [2.05, 4.69) is 21.8 Å². The summed E-state index contributed by atoms with van der Waals surface area (Å²) in [5.74, 6) is -0.269. The van der Waals surface area contributed by atoms with E-state index in [1.165, 1.54) is 23.4 Å². The maximum atomic E-state index is 13.0. The number of benzene rings is 1. The van der Waals surface area contributed by atoms with Gasteiger partial charge in [-0.1, -0.05) is 12.1 Å². The van der Waals surface area contributed by atoms with Crippen LogP contribution in [0, 0.1) is 5.82 Å². The van der Waals surface area contributed by atoms with Crippen LogP contribution in [0.1, 0.15) is 35.9 Å². The molecule has 1 fully saturated rings. The van der Waals surface area contributed by atoms with E-state index in [1.54, 1.807) is 12.1 Å². The van der Waals surface area contributed by atoms with Gasteiger partial charge in [-0.05, 0) is 31.0 Å². The van der Waals surface area contributed by atoms with Gasteiger partial charge < -0.3 is 15.0 Å². The highest BCUT2D eigenvalue weighted by molar-refractivity contribution is 5.74. The van der Waals surface area contributed by atoms with Gasteiger partial charge >= 0.3 is 6.03 Å². The molecule has 162 valence electrons. The summed E-state index contributed by atoms with van der Waals surface area (Å²) in [4.78, 5) is 16.8. The average Bonchev–Trinajstić information content (AvgIpc) is 2.95. The average molecular weight is 416 g/mol. The van der Waals surface area contributed by atoms with Gasteiger partial charge in [-0.15, -0.1) is 0 Å². The number of fused-ring (bicyclic) bond motifs is 1. The fourth-order valence-corrected chi connectivity index (χ4v) is 4.20. The van der Waals surface area contributed by atoms with E-state index in [4.69, 9.17) is 9.84 Å². The van der Waals surface area contributed by atoms with Crippen LogP contribution >= 0.6 is 0 Å². The second-order valence-electron chi connectivity index (χ2n) is 7.89. The molecule has 1 aromatic carbocycles. The van der Waals surface area contributed by atoms with Crippen molar-refractivity contribution in [3.63, 3.8) is 0 Å².